The third-order valence-corrected chi connectivity index (χ3v) is 4.64. The molecule has 25 heavy (non-hydrogen) atoms. The van der Waals surface area contributed by atoms with Crippen molar-refractivity contribution in [2.24, 2.45) is 15.9 Å². The predicted molar refractivity (Wildman–Crippen MR) is 95.6 cm³/mol. The molecular weight excluding hydrogens is 388 g/mol. The highest BCUT2D eigenvalue weighted by atomic mass is 79.9. The fourth-order valence-corrected chi connectivity index (χ4v) is 3.30. The van der Waals surface area contributed by atoms with Crippen LogP contribution in [0.1, 0.15) is 11.1 Å². The molecule has 2 aliphatic heterocycles. The number of amidine groups is 1. The van der Waals surface area contributed by atoms with Crippen LogP contribution in [-0.4, -0.2) is 29.9 Å². The van der Waals surface area contributed by atoms with Crippen molar-refractivity contribution in [2.75, 3.05) is 7.11 Å². The predicted octanol–water partition coefficient (Wildman–Crippen LogP) is 3.10. The van der Waals surface area contributed by atoms with Crippen molar-refractivity contribution in [3.05, 3.63) is 52.0 Å². The highest BCUT2D eigenvalue weighted by molar-refractivity contribution is 9.10. The van der Waals surface area contributed by atoms with Gasteiger partial charge in [0.2, 0.25) is 5.90 Å². The van der Waals surface area contributed by atoms with Crippen molar-refractivity contribution in [3.8, 4) is 17.2 Å². The van der Waals surface area contributed by atoms with Crippen LogP contribution in [0, 0.1) is 5.92 Å². The van der Waals surface area contributed by atoms with E-state index >= 15 is 0 Å². The number of para-hydroxylation sites is 1. The molecule has 0 aromatic heterocycles. The molecule has 0 radical (unpaired) electrons. The maximum absolute atomic E-state index is 12.5. The number of nitrogens with zero attached hydrogens (tertiary/aromatic N) is 2. The Balaban J connectivity index is 1.75. The summed E-state index contributed by atoms with van der Waals surface area (Å²) >= 11 is 3.42. The maximum atomic E-state index is 12.5. The van der Waals surface area contributed by atoms with E-state index in [2.05, 4.69) is 25.9 Å². The second-order valence-electron chi connectivity index (χ2n) is 5.69. The molecule has 0 aliphatic carbocycles. The number of amides is 1. The molecule has 1 unspecified atom stereocenters. The van der Waals surface area contributed by atoms with E-state index in [9.17, 15) is 9.90 Å². The van der Waals surface area contributed by atoms with E-state index in [1.807, 2.05) is 18.2 Å². The molecule has 2 aliphatic rings. The first-order chi connectivity index (χ1) is 12.1. The standard InChI is InChI=1S/C18H13BrN2O4/c1-24-14-4-2-3-11(15(14)22)16-20-17(23)12-8-9-7-10(19)5-6-13(9)25-18(12)21-16/h2-7,12,22H,8H2,1H3. The zero-order valence-electron chi connectivity index (χ0n) is 13.2. The van der Waals surface area contributed by atoms with Crippen molar-refractivity contribution in [1.82, 2.24) is 0 Å². The minimum atomic E-state index is -0.543. The number of fused-ring (bicyclic) bond motifs is 2. The number of phenolic OH excluding ortho intramolecular Hbond substituents is 1. The topological polar surface area (TPSA) is 80.5 Å². The summed E-state index contributed by atoms with van der Waals surface area (Å²) < 4.78 is 11.8. The van der Waals surface area contributed by atoms with Gasteiger partial charge in [-0.05, 0) is 42.3 Å². The lowest BCUT2D eigenvalue weighted by Gasteiger charge is -2.27. The van der Waals surface area contributed by atoms with E-state index in [-0.39, 0.29) is 23.2 Å². The largest absolute Gasteiger partial charge is 0.504 e. The Kier molecular flexibility index (Phi) is 3.80. The van der Waals surface area contributed by atoms with Gasteiger partial charge in [-0.1, -0.05) is 22.0 Å². The first-order valence-electron chi connectivity index (χ1n) is 7.60. The summed E-state index contributed by atoms with van der Waals surface area (Å²) in [6.45, 7) is 0. The fraction of sp³-hybridized carbons (Fsp3) is 0.167. The second kappa shape index (κ2) is 6.00. The van der Waals surface area contributed by atoms with Gasteiger partial charge in [-0.25, -0.2) is 0 Å². The maximum Gasteiger partial charge on any atom is 0.260 e. The number of benzene rings is 2. The van der Waals surface area contributed by atoms with Gasteiger partial charge < -0.3 is 14.6 Å². The Morgan fingerprint density at radius 3 is 2.92 bits per heavy atom. The number of carbonyl (C=O) groups excluding carboxylic acids is 1. The number of hydrogen-bond acceptors (Lipinski definition) is 5. The van der Waals surface area contributed by atoms with Gasteiger partial charge in [-0.3, -0.25) is 4.79 Å². The number of ether oxygens (including phenoxy) is 2. The van der Waals surface area contributed by atoms with Crippen LogP contribution in [0.4, 0.5) is 0 Å². The quantitative estimate of drug-likeness (QED) is 0.839. The van der Waals surface area contributed by atoms with Gasteiger partial charge in [0, 0.05) is 4.47 Å². The molecule has 0 saturated carbocycles. The van der Waals surface area contributed by atoms with Crippen LogP contribution in [0.25, 0.3) is 0 Å². The summed E-state index contributed by atoms with van der Waals surface area (Å²) in [5.41, 5.74) is 1.25. The van der Waals surface area contributed by atoms with Crippen LogP contribution in [0.15, 0.2) is 50.9 Å². The second-order valence-corrected chi connectivity index (χ2v) is 6.61. The van der Waals surface area contributed by atoms with Gasteiger partial charge in [-0.15, -0.1) is 0 Å². The molecule has 1 atom stereocenters. The number of phenols is 1. The van der Waals surface area contributed by atoms with Crippen LogP contribution >= 0.6 is 15.9 Å². The first kappa shape index (κ1) is 15.8. The molecule has 1 N–H and O–H groups in total. The van der Waals surface area contributed by atoms with E-state index in [1.165, 1.54) is 7.11 Å². The molecule has 2 heterocycles. The number of halogens is 1. The number of rotatable bonds is 2. The van der Waals surface area contributed by atoms with Crippen LogP contribution in [0.2, 0.25) is 0 Å². The summed E-state index contributed by atoms with van der Waals surface area (Å²) in [7, 11) is 1.45. The van der Waals surface area contributed by atoms with Gasteiger partial charge >= 0.3 is 0 Å². The lowest BCUT2D eigenvalue weighted by molar-refractivity contribution is -0.120. The fourth-order valence-electron chi connectivity index (χ4n) is 2.89. The van der Waals surface area contributed by atoms with E-state index < -0.39 is 5.92 Å². The van der Waals surface area contributed by atoms with Crippen LogP contribution in [0.5, 0.6) is 17.2 Å². The smallest absolute Gasteiger partial charge is 0.260 e. The molecular formula is C18H13BrN2O4. The zero-order chi connectivity index (χ0) is 17.6. The van der Waals surface area contributed by atoms with Crippen molar-refractivity contribution in [2.45, 2.75) is 6.42 Å². The van der Waals surface area contributed by atoms with Crippen molar-refractivity contribution >= 4 is 33.6 Å². The zero-order valence-corrected chi connectivity index (χ0v) is 14.8. The summed E-state index contributed by atoms with van der Waals surface area (Å²) in [6.07, 6.45) is 0.479. The average molecular weight is 401 g/mol. The van der Waals surface area contributed by atoms with Crippen molar-refractivity contribution < 1.29 is 19.4 Å². The van der Waals surface area contributed by atoms with Gasteiger partial charge in [0.15, 0.2) is 17.3 Å². The normalized spacial score (nSPS) is 18.5. The van der Waals surface area contributed by atoms with Crippen LogP contribution < -0.4 is 9.47 Å². The molecule has 0 saturated heterocycles. The molecule has 2 aromatic rings. The van der Waals surface area contributed by atoms with Gasteiger partial charge in [0.05, 0.1) is 12.7 Å². The third kappa shape index (κ3) is 2.70. The molecule has 2 aromatic carbocycles. The number of hydrogen-bond donors (Lipinski definition) is 1. The molecule has 126 valence electrons. The Morgan fingerprint density at radius 1 is 1.28 bits per heavy atom. The van der Waals surface area contributed by atoms with E-state index in [1.54, 1.807) is 18.2 Å². The number of carbonyl (C=O) groups is 1. The highest BCUT2D eigenvalue weighted by Crippen LogP contribution is 2.35. The van der Waals surface area contributed by atoms with Gasteiger partial charge in [0.25, 0.3) is 5.91 Å². The van der Waals surface area contributed by atoms with Gasteiger partial charge in [-0.2, -0.15) is 9.98 Å². The molecule has 6 nitrogen and oxygen atoms in total. The van der Waals surface area contributed by atoms with E-state index in [0.717, 1.165) is 10.0 Å². The van der Waals surface area contributed by atoms with E-state index in [4.69, 9.17) is 9.47 Å². The van der Waals surface area contributed by atoms with Crippen molar-refractivity contribution in [3.63, 3.8) is 0 Å². The lowest BCUT2D eigenvalue weighted by Crippen LogP contribution is -2.37. The minimum absolute atomic E-state index is 0.112. The average Bonchev–Trinajstić information content (AvgIpc) is 2.60. The highest BCUT2D eigenvalue weighted by Gasteiger charge is 2.36. The molecule has 0 bridgehead atoms. The van der Waals surface area contributed by atoms with E-state index in [0.29, 0.717) is 23.6 Å². The number of aromatic hydroxyl groups is 1. The molecule has 7 heteroatoms. The SMILES string of the molecule is COc1cccc(C2=NC(=O)C3Cc4cc(Br)ccc4OC3=N2)c1O. The molecule has 0 fully saturated rings. The van der Waals surface area contributed by atoms with Crippen LogP contribution in [0.3, 0.4) is 0 Å². The minimum Gasteiger partial charge on any atom is -0.504 e. The summed E-state index contributed by atoms with van der Waals surface area (Å²) in [4.78, 5) is 20.9. The Labute approximate surface area is 152 Å². The molecule has 4 rings (SSSR count). The first-order valence-corrected chi connectivity index (χ1v) is 8.40. The molecule has 1 amide bonds. The summed E-state index contributed by atoms with van der Waals surface area (Å²) in [5, 5.41) is 10.3. The van der Waals surface area contributed by atoms with Crippen molar-refractivity contribution in [1.29, 1.82) is 0 Å². The van der Waals surface area contributed by atoms with Gasteiger partial charge in [0.1, 0.15) is 11.7 Å². The monoisotopic (exact) mass is 400 g/mol. The summed E-state index contributed by atoms with van der Waals surface area (Å²) in [6, 6.07) is 10.6. The third-order valence-electron chi connectivity index (χ3n) is 4.15. The number of aliphatic imine (C=N–C) groups is 2. The lowest BCUT2D eigenvalue weighted by atomic mass is 9.94. The summed E-state index contributed by atoms with van der Waals surface area (Å²) in [5.74, 6) is 0.378. The Bertz CT molecular complexity index is 952. The molecule has 0 spiro atoms. The Morgan fingerprint density at radius 2 is 2.12 bits per heavy atom. The van der Waals surface area contributed by atoms with Crippen LogP contribution in [-0.2, 0) is 11.2 Å². The number of methoxy groups -OCH3 is 1. The Hall–Kier alpha value is -2.67.